The lowest BCUT2D eigenvalue weighted by Gasteiger charge is -2.31. The van der Waals surface area contributed by atoms with Gasteiger partial charge in [0.1, 0.15) is 5.82 Å². The number of nitrogens with one attached hydrogen (secondary N) is 1. The third-order valence-corrected chi connectivity index (χ3v) is 7.25. The average molecular weight is 472 g/mol. The summed E-state index contributed by atoms with van der Waals surface area (Å²) in [6.45, 7) is 8.44. The maximum absolute atomic E-state index is 6.62. The van der Waals surface area contributed by atoms with E-state index in [4.69, 9.17) is 5.73 Å². The Hall–Kier alpha value is -2.77. The summed E-state index contributed by atoms with van der Waals surface area (Å²) < 4.78 is 0. The predicted molar refractivity (Wildman–Crippen MR) is 149 cm³/mol. The lowest BCUT2D eigenvalue weighted by atomic mass is 9.92. The van der Waals surface area contributed by atoms with Crippen molar-refractivity contribution in [2.45, 2.75) is 66.0 Å². The van der Waals surface area contributed by atoms with Crippen molar-refractivity contribution < 1.29 is 0 Å². The molecule has 1 unspecified atom stereocenters. The van der Waals surface area contributed by atoms with Gasteiger partial charge >= 0.3 is 0 Å². The molecule has 0 saturated heterocycles. The van der Waals surface area contributed by atoms with Crippen LogP contribution < -0.4 is 16.4 Å². The van der Waals surface area contributed by atoms with Gasteiger partial charge in [-0.1, -0.05) is 68.5 Å². The Kier molecular flexibility index (Phi) is 7.95. The van der Waals surface area contributed by atoms with E-state index in [0.717, 1.165) is 37.3 Å². The molecule has 2 aromatic carbocycles. The van der Waals surface area contributed by atoms with E-state index in [1.165, 1.54) is 63.8 Å². The first kappa shape index (κ1) is 24.4. The van der Waals surface area contributed by atoms with Crippen LogP contribution in [0.1, 0.15) is 68.7 Å². The van der Waals surface area contributed by atoms with Crippen molar-refractivity contribution in [3.63, 3.8) is 0 Å². The lowest BCUT2D eigenvalue weighted by Crippen LogP contribution is -2.32. The Morgan fingerprint density at radius 3 is 2.41 bits per heavy atom. The highest BCUT2D eigenvalue weighted by atomic mass is 31.0. The molecule has 0 aromatic heterocycles. The minimum absolute atomic E-state index is 0.770. The number of hydrogen-bond acceptors (Lipinski definition) is 3. The Morgan fingerprint density at radius 2 is 1.76 bits per heavy atom. The molecule has 1 heterocycles. The van der Waals surface area contributed by atoms with Crippen LogP contribution in [-0.4, -0.2) is 4.90 Å². The standard InChI is InChI=1S/C30H38N3P/c1-4-7-29(28(31)17-10-21(3)23-13-15-27(34)16-14-23)32-30(24-8-6-9-24)33-19-25-12-11-22(5-2)18-26(25)20-33/h7,10-18,32H,4-6,8-9,19-20,31,34H2,1-3H3/b21-10+,28-17+,29-7-. The van der Waals surface area contributed by atoms with Crippen LogP contribution in [0.3, 0.4) is 0 Å². The van der Waals surface area contributed by atoms with Crippen LogP contribution in [0.5, 0.6) is 0 Å². The second kappa shape index (κ2) is 11.1. The number of rotatable bonds is 8. The highest BCUT2D eigenvalue weighted by molar-refractivity contribution is 7.27. The molecule has 3 nitrogen and oxygen atoms in total. The van der Waals surface area contributed by atoms with Gasteiger partial charge in [0.15, 0.2) is 0 Å². The van der Waals surface area contributed by atoms with Gasteiger partial charge in [-0.15, -0.1) is 9.24 Å². The quantitative estimate of drug-likeness (QED) is 0.351. The van der Waals surface area contributed by atoms with Crippen molar-refractivity contribution in [2.24, 2.45) is 5.73 Å². The third kappa shape index (κ3) is 5.65. The molecular weight excluding hydrogens is 433 g/mol. The molecule has 0 amide bonds. The molecule has 2 aliphatic rings. The van der Waals surface area contributed by atoms with E-state index in [1.54, 1.807) is 0 Å². The van der Waals surface area contributed by atoms with Crippen LogP contribution in [-0.2, 0) is 19.5 Å². The number of nitrogens with zero attached hydrogens (tertiary/aromatic N) is 1. The summed E-state index contributed by atoms with van der Waals surface area (Å²) in [6, 6.07) is 15.5. The van der Waals surface area contributed by atoms with Gasteiger partial charge in [0.05, 0.1) is 11.4 Å². The van der Waals surface area contributed by atoms with Crippen LogP contribution in [0.25, 0.3) is 5.57 Å². The van der Waals surface area contributed by atoms with Crippen LogP contribution in [0.15, 0.2) is 83.5 Å². The molecule has 1 aliphatic heterocycles. The first-order chi connectivity index (χ1) is 16.5. The highest BCUT2D eigenvalue weighted by Gasteiger charge is 2.26. The first-order valence-corrected chi connectivity index (χ1v) is 13.1. The van der Waals surface area contributed by atoms with Crippen molar-refractivity contribution >= 4 is 20.1 Å². The molecule has 0 bridgehead atoms. The molecule has 1 saturated carbocycles. The van der Waals surface area contributed by atoms with Crippen LogP contribution in [0, 0.1) is 0 Å². The minimum atomic E-state index is 0.770. The van der Waals surface area contributed by atoms with Crippen molar-refractivity contribution in [2.75, 3.05) is 0 Å². The Balaban J connectivity index is 1.55. The highest BCUT2D eigenvalue weighted by Crippen LogP contribution is 2.34. The molecule has 2 aromatic rings. The van der Waals surface area contributed by atoms with Gasteiger partial charge in [0.2, 0.25) is 0 Å². The molecule has 1 aliphatic carbocycles. The van der Waals surface area contributed by atoms with Crippen LogP contribution in [0.2, 0.25) is 0 Å². The van der Waals surface area contributed by atoms with E-state index < -0.39 is 0 Å². The van der Waals surface area contributed by atoms with E-state index >= 15 is 0 Å². The normalized spacial score (nSPS) is 16.4. The molecule has 1 fully saturated rings. The fraction of sp³-hybridized carbons (Fsp3) is 0.333. The predicted octanol–water partition coefficient (Wildman–Crippen LogP) is 6.29. The zero-order valence-corrected chi connectivity index (χ0v) is 22.0. The summed E-state index contributed by atoms with van der Waals surface area (Å²) in [5, 5.41) is 4.96. The fourth-order valence-electron chi connectivity index (χ4n) is 4.53. The monoisotopic (exact) mass is 471 g/mol. The zero-order chi connectivity index (χ0) is 24.1. The summed E-state index contributed by atoms with van der Waals surface area (Å²) in [4.78, 5) is 2.50. The topological polar surface area (TPSA) is 41.3 Å². The summed E-state index contributed by atoms with van der Waals surface area (Å²) in [7, 11) is 2.73. The van der Waals surface area contributed by atoms with E-state index in [9.17, 15) is 0 Å². The summed E-state index contributed by atoms with van der Waals surface area (Å²) >= 11 is 0. The van der Waals surface area contributed by atoms with Crippen LogP contribution in [0.4, 0.5) is 0 Å². The van der Waals surface area contributed by atoms with E-state index in [0.29, 0.717) is 0 Å². The Bertz CT molecular complexity index is 1150. The third-order valence-electron chi connectivity index (χ3n) is 6.86. The molecule has 3 N–H and O–H groups in total. The second-order valence-electron chi connectivity index (χ2n) is 9.36. The molecule has 0 spiro atoms. The van der Waals surface area contributed by atoms with Gasteiger partial charge in [0, 0.05) is 13.1 Å². The van der Waals surface area contributed by atoms with Crippen LogP contribution >= 0.6 is 9.24 Å². The summed E-state index contributed by atoms with van der Waals surface area (Å²) in [5.41, 5.74) is 16.6. The summed E-state index contributed by atoms with van der Waals surface area (Å²) in [6.07, 6.45) is 12.0. The molecule has 1 atom stereocenters. The van der Waals surface area contributed by atoms with Gasteiger partial charge in [-0.2, -0.15) is 0 Å². The van der Waals surface area contributed by atoms with E-state index in [-0.39, 0.29) is 0 Å². The van der Waals surface area contributed by atoms with Gasteiger partial charge < -0.3 is 16.0 Å². The van der Waals surface area contributed by atoms with Gasteiger partial charge in [-0.3, -0.25) is 0 Å². The SMILES string of the molecule is CC/C=C(NC(=C1CCC1)N1Cc2ccc(CC)cc2C1)/C(N)=C\C=C(/C)c1ccc(P)cc1. The van der Waals surface area contributed by atoms with Gasteiger partial charge in [-0.05, 0) is 83.8 Å². The fourth-order valence-corrected chi connectivity index (χ4v) is 4.72. The van der Waals surface area contributed by atoms with Gasteiger partial charge in [-0.25, -0.2) is 0 Å². The van der Waals surface area contributed by atoms with E-state index in [1.807, 2.05) is 6.08 Å². The largest absolute Gasteiger partial charge is 0.397 e. The average Bonchev–Trinajstić information content (AvgIpc) is 3.23. The molecule has 34 heavy (non-hydrogen) atoms. The maximum atomic E-state index is 6.62. The van der Waals surface area contributed by atoms with Crippen molar-refractivity contribution in [3.8, 4) is 0 Å². The Morgan fingerprint density at radius 1 is 1.03 bits per heavy atom. The number of hydrogen-bond donors (Lipinski definition) is 2. The Labute approximate surface area is 207 Å². The van der Waals surface area contributed by atoms with Crippen molar-refractivity contribution in [3.05, 3.63) is 106 Å². The number of fused-ring (bicyclic) bond motifs is 1. The number of nitrogens with two attached hydrogens (primary N) is 1. The smallest absolute Gasteiger partial charge is 0.106 e. The maximum Gasteiger partial charge on any atom is 0.106 e. The minimum Gasteiger partial charge on any atom is -0.397 e. The molecule has 178 valence electrons. The molecular formula is C30H38N3P. The number of aryl methyl sites for hydroxylation is 1. The molecule has 0 radical (unpaired) electrons. The lowest BCUT2D eigenvalue weighted by molar-refractivity contribution is 0.328. The van der Waals surface area contributed by atoms with Crippen molar-refractivity contribution in [1.29, 1.82) is 0 Å². The van der Waals surface area contributed by atoms with E-state index in [2.05, 4.69) is 94.8 Å². The van der Waals surface area contributed by atoms with Crippen molar-refractivity contribution in [1.82, 2.24) is 10.2 Å². The second-order valence-corrected chi connectivity index (χ2v) is 10.0. The molecule has 4 heteroatoms. The van der Waals surface area contributed by atoms with Gasteiger partial charge in [0.25, 0.3) is 0 Å². The zero-order valence-electron chi connectivity index (χ0n) is 20.8. The summed E-state index contributed by atoms with van der Waals surface area (Å²) in [5.74, 6) is 1.26. The number of benzene rings is 2. The molecule has 4 rings (SSSR count). The first-order valence-electron chi connectivity index (χ1n) is 12.5. The number of allylic oxidation sites excluding steroid dienone is 5.